The molecule has 0 amide bonds. The first-order chi connectivity index (χ1) is 27.6. The van der Waals surface area contributed by atoms with Gasteiger partial charge in [-0.2, -0.15) is 0 Å². The minimum absolute atomic E-state index is 0.570. The molecule has 2 aliphatic rings. The topological polar surface area (TPSA) is 18.5 Å². The summed E-state index contributed by atoms with van der Waals surface area (Å²) in [5.41, 5.74) is 9.84. The summed E-state index contributed by atoms with van der Waals surface area (Å²) in [4.78, 5) is 0. The lowest BCUT2D eigenvalue weighted by Crippen LogP contribution is -2.13. The Labute approximate surface area is 336 Å². The van der Waals surface area contributed by atoms with Crippen LogP contribution in [0.1, 0.15) is 128 Å². The molecule has 8 rings (SSSR count). The summed E-state index contributed by atoms with van der Waals surface area (Å²) in [6, 6.07) is 41.3. The predicted molar refractivity (Wildman–Crippen MR) is 239 cm³/mol. The summed E-state index contributed by atoms with van der Waals surface area (Å²) in [5.74, 6) is 5.00. The minimum Gasteiger partial charge on any atom is -0.493 e. The summed E-state index contributed by atoms with van der Waals surface area (Å²) in [6.45, 7) is 10.0. The van der Waals surface area contributed by atoms with Crippen LogP contribution < -0.4 is 9.47 Å². The third-order valence-electron chi connectivity index (χ3n) is 13.3. The molecule has 0 unspecified atom stereocenters. The Morgan fingerprint density at radius 1 is 0.446 bits per heavy atom. The lowest BCUT2D eigenvalue weighted by molar-refractivity contribution is 0.308. The highest BCUT2D eigenvalue weighted by Gasteiger charge is 2.27. The van der Waals surface area contributed by atoms with Gasteiger partial charge in [0.1, 0.15) is 11.5 Å². The molecule has 0 spiro atoms. The monoisotopic (exact) mass is 742 g/mol. The fraction of sp³-hybridized carbons (Fsp3) is 0.407. The molecule has 0 bridgehead atoms. The van der Waals surface area contributed by atoms with Crippen molar-refractivity contribution in [2.24, 2.45) is 11.8 Å². The summed E-state index contributed by atoms with van der Waals surface area (Å²) < 4.78 is 13.7. The second-order valence-corrected chi connectivity index (χ2v) is 16.8. The highest BCUT2D eigenvalue weighted by molar-refractivity contribution is 6.14. The van der Waals surface area contributed by atoms with Gasteiger partial charge in [-0.25, -0.2) is 0 Å². The maximum Gasteiger partial charge on any atom is 0.135 e. The minimum atomic E-state index is 0.570. The van der Waals surface area contributed by atoms with Gasteiger partial charge in [-0.1, -0.05) is 137 Å². The molecular formula is C54H62O2. The lowest BCUT2D eigenvalue weighted by atomic mass is 9.77. The first-order valence-electron chi connectivity index (χ1n) is 22.2. The fourth-order valence-electron chi connectivity index (χ4n) is 10.4. The van der Waals surface area contributed by atoms with Crippen molar-refractivity contribution in [2.45, 2.75) is 117 Å². The number of rotatable bonds is 13. The fourth-order valence-corrected chi connectivity index (χ4v) is 10.4. The van der Waals surface area contributed by atoms with Crippen molar-refractivity contribution < 1.29 is 9.47 Å². The highest BCUT2D eigenvalue weighted by atomic mass is 16.5. The average molecular weight is 743 g/mol. The largest absolute Gasteiger partial charge is 0.493 e. The van der Waals surface area contributed by atoms with Crippen molar-refractivity contribution in [3.8, 4) is 44.9 Å². The van der Waals surface area contributed by atoms with E-state index < -0.39 is 0 Å². The van der Waals surface area contributed by atoms with Crippen LogP contribution in [-0.4, -0.2) is 13.2 Å². The molecule has 6 aromatic carbocycles. The van der Waals surface area contributed by atoms with Crippen molar-refractivity contribution in [3.63, 3.8) is 0 Å². The smallest absolute Gasteiger partial charge is 0.135 e. The quantitative estimate of drug-likeness (QED) is 0.117. The molecule has 6 aromatic rings. The Bertz CT molecular complexity index is 2050. The molecule has 56 heavy (non-hydrogen) atoms. The molecule has 0 atom stereocenters. The van der Waals surface area contributed by atoms with Gasteiger partial charge in [0, 0.05) is 22.3 Å². The van der Waals surface area contributed by atoms with E-state index in [0.717, 1.165) is 45.6 Å². The molecule has 290 valence electrons. The first-order valence-corrected chi connectivity index (χ1v) is 22.2. The Kier molecular flexibility index (Phi) is 12.1. The van der Waals surface area contributed by atoms with E-state index in [2.05, 4.69) is 137 Å². The van der Waals surface area contributed by atoms with E-state index in [1.807, 2.05) is 0 Å². The van der Waals surface area contributed by atoms with Gasteiger partial charge in [0.05, 0.1) is 13.2 Å². The van der Waals surface area contributed by atoms with Crippen LogP contribution in [0.2, 0.25) is 0 Å². The maximum absolute atomic E-state index is 6.84. The predicted octanol–water partition coefficient (Wildman–Crippen LogP) is 15.9. The molecular weight excluding hydrogens is 681 g/mol. The van der Waals surface area contributed by atoms with Crippen LogP contribution in [0.25, 0.3) is 54.9 Å². The Morgan fingerprint density at radius 3 is 1.18 bits per heavy atom. The SMILES string of the molecule is CCCC1CCC(c2ccc(-c3cc4ccccc4c(-c4c(OCC)c(-c5ccc(C6CCC(CCC)CC6)cc5)cc5ccccc45)c3OCC)cc2)CC1. The number of hydrogen-bond donors (Lipinski definition) is 0. The standard InChI is InChI=1S/C54H62O2/c1-5-13-37-19-23-39(24-20-37)41-27-31-43(32-28-41)49-35-45-15-9-11-17-47(45)51(53(49)55-7-3)52-48-18-12-10-16-46(48)36-50(54(52)56-8-4)44-33-29-42(30-34-44)40-25-21-38(14-6-2)22-26-40/h9-12,15-18,27-40H,5-8,13-14,19-26H2,1-4H3. The summed E-state index contributed by atoms with van der Waals surface area (Å²) in [7, 11) is 0. The zero-order valence-electron chi connectivity index (χ0n) is 34.4. The Balaban J connectivity index is 1.25. The van der Waals surface area contributed by atoms with Crippen LogP contribution >= 0.6 is 0 Å². The van der Waals surface area contributed by atoms with Gasteiger partial charge in [-0.05, 0) is 145 Å². The second-order valence-electron chi connectivity index (χ2n) is 16.8. The number of hydrogen-bond acceptors (Lipinski definition) is 2. The zero-order chi connectivity index (χ0) is 38.4. The van der Waals surface area contributed by atoms with E-state index in [-0.39, 0.29) is 0 Å². The van der Waals surface area contributed by atoms with Crippen LogP contribution in [0.5, 0.6) is 11.5 Å². The van der Waals surface area contributed by atoms with Crippen molar-refractivity contribution in [1.29, 1.82) is 0 Å². The highest BCUT2D eigenvalue weighted by Crippen LogP contribution is 2.53. The van der Waals surface area contributed by atoms with Crippen molar-refractivity contribution in [1.82, 2.24) is 0 Å². The van der Waals surface area contributed by atoms with Crippen LogP contribution in [0.4, 0.5) is 0 Å². The van der Waals surface area contributed by atoms with E-state index in [0.29, 0.717) is 25.0 Å². The van der Waals surface area contributed by atoms with Crippen LogP contribution in [0.15, 0.2) is 109 Å². The van der Waals surface area contributed by atoms with Crippen molar-refractivity contribution >= 4 is 21.5 Å². The summed E-state index contributed by atoms with van der Waals surface area (Å²) >= 11 is 0. The van der Waals surface area contributed by atoms with E-state index >= 15 is 0 Å². The van der Waals surface area contributed by atoms with E-state index in [1.54, 1.807) is 0 Å². The summed E-state index contributed by atoms with van der Waals surface area (Å²) in [6.07, 6.45) is 16.0. The van der Waals surface area contributed by atoms with Crippen LogP contribution in [0.3, 0.4) is 0 Å². The summed E-state index contributed by atoms with van der Waals surface area (Å²) in [5, 5.41) is 4.76. The van der Waals surface area contributed by atoms with E-state index in [1.165, 1.54) is 121 Å². The molecule has 2 heteroatoms. The van der Waals surface area contributed by atoms with E-state index in [4.69, 9.17) is 9.47 Å². The van der Waals surface area contributed by atoms with Gasteiger partial charge in [0.15, 0.2) is 0 Å². The van der Waals surface area contributed by atoms with Crippen molar-refractivity contribution in [2.75, 3.05) is 13.2 Å². The molecule has 2 fully saturated rings. The van der Waals surface area contributed by atoms with Crippen molar-refractivity contribution in [3.05, 3.63) is 120 Å². The Morgan fingerprint density at radius 2 is 0.821 bits per heavy atom. The van der Waals surface area contributed by atoms with Gasteiger partial charge in [-0.3, -0.25) is 0 Å². The molecule has 2 aliphatic carbocycles. The van der Waals surface area contributed by atoms with E-state index in [9.17, 15) is 0 Å². The Hall–Kier alpha value is -4.56. The van der Waals surface area contributed by atoms with Gasteiger partial charge in [0.25, 0.3) is 0 Å². The molecule has 0 saturated heterocycles. The molecule has 2 nitrogen and oxygen atoms in total. The molecule has 0 N–H and O–H groups in total. The second kappa shape index (κ2) is 17.7. The third-order valence-corrected chi connectivity index (χ3v) is 13.3. The zero-order valence-corrected chi connectivity index (χ0v) is 34.4. The third kappa shape index (κ3) is 7.87. The molecule has 0 aromatic heterocycles. The first kappa shape index (κ1) is 38.3. The molecule has 0 radical (unpaired) electrons. The van der Waals surface area contributed by atoms with Gasteiger partial charge in [-0.15, -0.1) is 0 Å². The normalized spacial score (nSPS) is 20.0. The van der Waals surface area contributed by atoms with Crippen LogP contribution in [-0.2, 0) is 0 Å². The maximum atomic E-state index is 6.84. The van der Waals surface area contributed by atoms with Gasteiger partial charge >= 0.3 is 0 Å². The number of ether oxygens (including phenoxy) is 2. The van der Waals surface area contributed by atoms with Gasteiger partial charge < -0.3 is 9.47 Å². The van der Waals surface area contributed by atoms with Gasteiger partial charge in [0.2, 0.25) is 0 Å². The lowest BCUT2D eigenvalue weighted by Gasteiger charge is -2.29. The molecule has 2 saturated carbocycles. The average Bonchev–Trinajstić information content (AvgIpc) is 3.24. The molecule has 0 heterocycles. The van der Waals surface area contributed by atoms with Crippen LogP contribution in [0, 0.1) is 11.8 Å². The molecule has 0 aliphatic heterocycles. The number of fused-ring (bicyclic) bond motifs is 2. The number of benzene rings is 6.